The van der Waals surface area contributed by atoms with Crippen molar-refractivity contribution in [3.05, 3.63) is 59.7 Å². The van der Waals surface area contributed by atoms with Crippen molar-refractivity contribution in [1.82, 2.24) is 4.31 Å². The largest absolute Gasteiger partial charge is 0.462 e. The highest BCUT2D eigenvalue weighted by molar-refractivity contribution is 14.2. The van der Waals surface area contributed by atoms with Crippen LogP contribution >= 0.6 is 30.3 Å². The lowest BCUT2D eigenvalue weighted by Gasteiger charge is -2.42. The van der Waals surface area contributed by atoms with Crippen LogP contribution < -0.4 is 4.74 Å². The maximum atomic E-state index is 13.0. The molecule has 2 unspecified atom stereocenters. The van der Waals surface area contributed by atoms with Crippen LogP contribution in [0.5, 0.6) is 11.5 Å². The summed E-state index contributed by atoms with van der Waals surface area (Å²) in [4.78, 5) is 25.4. The van der Waals surface area contributed by atoms with Crippen LogP contribution in [-0.2, 0) is 9.53 Å². The Bertz CT molecular complexity index is 862. The van der Waals surface area contributed by atoms with Crippen LogP contribution in [0.2, 0.25) is 0 Å². The number of fused-ring (bicyclic) bond motifs is 1. The van der Waals surface area contributed by atoms with Gasteiger partial charge in [-0.3, -0.25) is 4.79 Å². The summed E-state index contributed by atoms with van der Waals surface area (Å²) in [5.74, 6) is -0.430. The van der Waals surface area contributed by atoms with Gasteiger partial charge in [-0.15, -0.1) is 0 Å². The molecule has 1 heterocycles. The van der Waals surface area contributed by atoms with Gasteiger partial charge in [-0.05, 0) is 58.9 Å². The fraction of sp³-hybridized carbons (Fsp3) is 0.263. The molecule has 3 rings (SSSR count). The zero-order chi connectivity index (χ0) is 19.6. The van der Waals surface area contributed by atoms with Crippen molar-refractivity contribution in [3.63, 3.8) is 0 Å². The van der Waals surface area contributed by atoms with Gasteiger partial charge in [0.25, 0.3) is 5.72 Å². The highest BCUT2D eigenvalue weighted by Crippen LogP contribution is 2.45. The van der Waals surface area contributed by atoms with E-state index in [1.54, 1.807) is 25.1 Å². The smallest absolute Gasteiger partial charge is 0.363 e. The van der Waals surface area contributed by atoms with E-state index < -0.39 is 23.5 Å². The second-order valence-corrected chi connectivity index (χ2v) is 7.67. The highest BCUT2D eigenvalue weighted by atomic mass is 127. The fourth-order valence-corrected chi connectivity index (χ4v) is 5.37. The second-order valence-electron chi connectivity index (χ2n) is 5.96. The van der Waals surface area contributed by atoms with E-state index >= 15 is 0 Å². The molecule has 0 saturated heterocycles. The molecule has 2 aromatic carbocycles. The first kappa shape index (κ1) is 20.1. The van der Waals surface area contributed by atoms with Gasteiger partial charge in [0.15, 0.2) is 0 Å². The van der Waals surface area contributed by atoms with E-state index in [0.717, 1.165) is 9.12 Å². The number of aliphatic hydroxyl groups is 1. The van der Waals surface area contributed by atoms with Crippen molar-refractivity contribution in [3.8, 4) is 11.5 Å². The van der Waals surface area contributed by atoms with E-state index in [1.165, 1.54) is 4.31 Å². The Labute approximate surface area is 173 Å². The number of ether oxygens (including phenoxy) is 2. The Morgan fingerprint density at radius 1 is 1.26 bits per heavy atom. The van der Waals surface area contributed by atoms with Gasteiger partial charge in [0.05, 0.1) is 6.61 Å². The molecule has 0 amide bonds. The summed E-state index contributed by atoms with van der Waals surface area (Å²) < 4.78 is 12.2. The Balaban J connectivity index is 2.02. The SMILES string of the molecule is CCOC(=O)C1(O)C(=O)c2ccc(Oc3ccccc3)cc2C(C)N1SI. The zero-order valence-corrected chi connectivity index (χ0v) is 17.7. The summed E-state index contributed by atoms with van der Waals surface area (Å²) >= 11 is 1.94. The number of hydrogen-bond donors (Lipinski definition) is 1. The molecule has 0 radical (unpaired) electrons. The number of nitrogens with zero attached hydrogens (tertiary/aromatic N) is 1. The molecule has 0 spiro atoms. The van der Waals surface area contributed by atoms with Crippen molar-refractivity contribution < 1.29 is 24.2 Å². The van der Waals surface area contributed by atoms with E-state index in [2.05, 4.69) is 0 Å². The van der Waals surface area contributed by atoms with E-state index in [0.29, 0.717) is 17.1 Å². The first-order chi connectivity index (χ1) is 12.9. The van der Waals surface area contributed by atoms with Gasteiger partial charge in [-0.25, -0.2) is 4.79 Å². The van der Waals surface area contributed by atoms with Crippen LogP contribution in [0.25, 0.3) is 0 Å². The summed E-state index contributed by atoms with van der Waals surface area (Å²) in [5, 5.41) is 11.0. The van der Waals surface area contributed by atoms with Crippen LogP contribution in [0.1, 0.15) is 35.8 Å². The van der Waals surface area contributed by atoms with Crippen LogP contribution in [-0.4, -0.2) is 33.5 Å². The number of halogens is 1. The molecule has 142 valence electrons. The molecule has 1 aliphatic rings. The van der Waals surface area contributed by atoms with Gasteiger partial charge in [-0.1, -0.05) is 18.2 Å². The van der Waals surface area contributed by atoms with Crippen LogP contribution in [0, 0.1) is 0 Å². The monoisotopic (exact) mass is 499 g/mol. The zero-order valence-electron chi connectivity index (χ0n) is 14.7. The first-order valence-corrected chi connectivity index (χ1v) is 11.6. The molecule has 0 bridgehead atoms. The number of benzene rings is 2. The van der Waals surface area contributed by atoms with E-state index in [1.807, 2.05) is 58.5 Å². The molecule has 27 heavy (non-hydrogen) atoms. The van der Waals surface area contributed by atoms with Gasteiger partial charge in [0, 0.05) is 32.8 Å². The Morgan fingerprint density at radius 2 is 1.96 bits per heavy atom. The number of hydrogen-bond acceptors (Lipinski definition) is 7. The lowest BCUT2D eigenvalue weighted by Crippen LogP contribution is -2.61. The fourth-order valence-electron chi connectivity index (χ4n) is 3.00. The third-order valence-electron chi connectivity index (χ3n) is 4.32. The normalized spacial score (nSPS) is 22.2. The van der Waals surface area contributed by atoms with Crippen LogP contribution in [0.3, 0.4) is 0 Å². The number of para-hydroxylation sites is 1. The molecule has 2 atom stereocenters. The van der Waals surface area contributed by atoms with Crippen LogP contribution in [0.4, 0.5) is 0 Å². The van der Waals surface area contributed by atoms with Crippen molar-refractivity contribution in [2.75, 3.05) is 6.61 Å². The van der Waals surface area contributed by atoms with E-state index in [-0.39, 0.29) is 12.2 Å². The topological polar surface area (TPSA) is 76.1 Å². The molecule has 0 saturated carbocycles. The highest BCUT2D eigenvalue weighted by Gasteiger charge is 2.57. The Hall–Kier alpha value is -1.62. The number of carbonyl (C=O) groups excluding carboxylic acids is 2. The van der Waals surface area contributed by atoms with E-state index in [9.17, 15) is 14.7 Å². The minimum absolute atomic E-state index is 0.0687. The van der Waals surface area contributed by atoms with Gasteiger partial charge >= 0.3 is 5.97 Å². The average Bonchev–Trinajstić information content (AvgIpc) is 2.67. The van der Waals surface area contributed by atoms with Gasteiger partial charge in [-0.2, -0.15) is 4.31 Å². The summed E-state index contributed by atoms with van der Waals surface area (Å²) in [6, 6.07) is 13.9. The van der Waals surface area contributed by atoms with Gasteiger partial charge in [0.2, 0.25) is 5.78 Å². The molecule has 0 fully saturated rings. The quantitative estimate of drug-likeness (QED) is 0.285. The molecular formula is C19H18INO5S. The van der Waals surface area contributed by atoms with Crippen molar-refractivity contribution >= 4 is 42.1 Å². The number of carbonyl (C=O) groups is 2. The molecule has 8 heteroatoms. The number of rotatable bonds is 5. The molecule has 2 aromatic rings. The summed E-state index contributed by atoms with van der Waals surface area (Å²) in [6.45, 7) is 3.51. The molecule has 1 aliphatic heterocycles. The predicted octanol–water partition coefficient (Wildman–Crippen LogP) is 4.29. The number of ketones is 1. The Morgan fingerprint density at radius 3 is 2.59 bits per heavy atom. The van der Waals surface area contributed by atoms with Gasteiger partial charge in [0.1, 0.15) is 11.5 Å². The second kappa shape index (κ2) is 8.17. The standard InChI is InChI=1S/C19H18INO5S/c1-3-25-18(23)19(24)17(22)15-10-9-14(26-13-7-5-4-6-8-13)11-16(15)12(2)21(19)27-20/h4-12,24H,3H2,1-2H3. The number of esters is 1. The Kier molecular flexibility index (Phi) is 6.09. The molecule has 6 nitrogen and oxygen atoms in total. The van der Waals surface area contributed by atoms with Crippen molar-refractivity contribution in [1.29, 1.82) is 0 Å². The third-order valence-corrected chi connectivity index (χ3v) is 6.32. The molecule has 0 aromatic heterocycles. The average molecular weight is 499 g/mol. The van der Waals surface area contributed by atoms with Crippen LogP contribution in [0.15, 0.2) is 48.5 Å². The minimum Gasteiger partial charge on any atom is -0.462 e. The lowest BCUT2D eigenvalue weighted by atomic mass is 9.87. The van der Waals surface area contributed by atoms with Crippen molar-refractivity contribution in [2.24, 2.45) is 0 Å². The first-order valence-electron chi connectivity index (χ1n) is 8.32. The summed E-state index contributed by atoms with van der Waals surface area (Å²) in [5.41, 5.74) is -1.41. The minimum atomic E-state index is -2.36. The third kappa shape index (κ3) is 3.58. The maximum Gasteiger partial charge on any atom is 0.363 e. The molecule has 1 N–H and O–H groups in total. The predicted molar refractivity (Wildman–Crippen MR) is 111 cm³/mol. The van der Waals surface area contributed by atoms with Crippen molar-refractivity contribution in [2.45, 2.75) is 25.6 Å². The molecular weight excluding hydrogens is 481 g/mol. The summed E-state index contributed by atoms with van der Waals surface area (Å²) in [7, 11) is 1.08. The summed E-state index contributed by atoms with van der Waals surface area (Å²) in [6.07, 6.45) is 0. The molecule has 0 aliphatic carbocycles. The lowest BCUT2D eigenvalue weighted by molar-refractivity contribution is -0.172. The maximum absolute atomic E-state index is 13.0. The van der Waals surface area contributed by atoms with E-state index in [4.69, 9.17) is 9.47 Å². The number of Topliss-reactive ketones (excluding diaryl/α,β-unsaturated/α-hetero) is 1. The van der Waals surface area contributed by atoms with Gasteiger partial charge < -0.3 is 14.6 Å².